The topological polar surface area (TPSA) is 59.6 Å². The van der Waals surface area contributed by atoms with Crippen LogP contribution in [0.4, 0.5) is 0 Å². The van der Waals surface area contributed by atoms with Gasteiger partial charge in [-0.05, 0) is 18.4 Å². The van der Waals surface area contributed by atoms with E-state index in [1.54, 1.807) is 0 Å². The van der Waals surface area contributed by atoms with Crippen molar-refractivity contribution in [2.75, 3.05) is 13.2 Å². The lowest BCUT2D eigenvalue weighted by atomic mass is 10.1. The molecule has 1 atom stereocenters. The Kier molecular flexibility index (Phi) is 6.41. The third-order valence-electron chi connectivity index (χ3n) is 3.01. The Balaban J connectivity index is 0.00000180. The maximum atomic E-state index is 5.88. The fourth-order valence-electron chi connectivity index (χ4n) is 1.95. The summed E-state index contributed by atoms with van der Waals surface area (Å²) in [6, 6.07) is 8.13. The molecule has 1 unspecified atom stereocenters. The van der Waals surface area contributed by atoms with Gasteiger partial charge in [0.15, 0.2) is 5.96 Å². The number of hydrogen-bond donors (Lipinski definition) is 2. The number of nitrogens with zero attached hydrogens (tertiary/aromatic N) is 1. The Hall–Kier alpha value is -0.980. The fourth-order valence-corrected chi connectivity index (χ4v) is 1.95. The summed E-state index contributed by atoms with van der Waals surface area (Å²) >= 11 is 0. The Morgan fingerprint density at radius 3 is 2.95 bits per heavy atom. The maximum absolute atomic E-state index is 5.88. The van der Waals surface area contributed by atoms with Gasteiger partial charge in [0.1, 0.15) is 12.4 Å². The van der Waals surface area contributed by atoms with Gasteiger partial charge in [0.05, 0.1) is 6.04 Å². The zero-order valence-electron chi connectivity index (χ0n) is 11.4. The molecule has 1 aromatic rings. The zero-order chi connectivity index (χ0) is 13.0. The van der Waals surface area contributed by atoms with Gasteiger partial charge in [-0.3, -0.25) is 4.99 Å². The van der Waals surface area contributed by atoms with E-state index in [9.17, 15) is 0 Å². The van der Waals surface area contributed by atoms with Gasteiger partial charge >= 0.3 is 0 Å². The number of benzene rings is 1. The summed E-state index contributed by atoms with van der Waals surface area (Å²) in [5, 5.41) is 3.21. The lowest BCUT2D eigenvalue weighted by Gasteiger charge is -2.12. The van der Waals surface area contributed by atoms with Crippen LogP contribution in [0.5, 0.6) is 5.75 Å². The van der Waals surface area contributed by atoms with Crippen molar-refractivity contribution in [2.24, 2.45) is 16.6 Å². The molecule has 3 N–H and O–H groups in total. The molecule has 0 amide bonds. The molecule has 106 valence electrons. The van der Waals surface area contributed by atoms with Crippen LogP contribution in [0.3, 0.4) is 0 Å². The van der Waals surface area contributed by atoms with E-state index in [1.165, 1.54) is 0 Å². The number of hydrogen-bond acceptors (Lipinski definition) is 2. The Bertz CT molecular complexity index is 434. The summed E-state index contributed by atoms with van der Waals surface area (Å²) in [5.41, 5.74) is 7.03. The second-order valence-electron chi connectivity index (χ2n) is 5.00. The van der Waals surface area contributed by atoms with Crippen LogP contribution in [0.25, 0.3) is 0 Å². The predicted molar refractivity (Wildman–Crippen MR) is 89.2 cm³/mol. The Labute approximate surface area is 131 Å². The molecule has 0 saturated carbocycles. The first-order valence-corrected chi connectivity index (χ1v) is 6.45. The second-order valence-corrected chi connectivity index (χ2v) is 5.00. The maximum Gasteiger partial charge on any atom is 0.189 e. The van der Waals surface area contributed by atoms with E-state index < -0.39 is 0 Å². The minimum absolute atomic E-state index is 0. The van der Waals surface area contributed by atoms with Gasteiger partial charge in [0.2, 0.25) is 0 Å². The molecule has 0 radical (unpaired) electrons. The number of fused-ring (bicyclic) bond motifs is 1. The smallest absolute Gasteiger partial charge is 0.189 e. The van der Waals surface area contributed by atoms with Crippen molar-refractivity contribution >= 4 is 29.9 Å². The van der Waals surface area contributed by atoms with Crippen LogP contribution >= 0.6 is 24.0 Å². The van der Waals surface area contributed by atoms with Crippen LogP contribution in [0.1, 0.15) is 31.9 Å². The highest BCUT2D eigenvalue weighted by molar-refractivity contribution is 14.0. The normalized spacial score (nSPS) is 17.6. The van der Waals surface area contributed by atoms with Crippen molar-refractivity contribution in [3.05, 3.63) is 29.8 Å². The average molecular weight is 375 g/mol. The van der Waals surface area contributed by atoms with Crippen molar-refractivity contribution in [1.82, 2.24) is 5.32 Å². The first-order chi connectivity index (χ1) is 8.66. The Morgan fingerprint density at radius 1 is 1.47 bits per heavy atom. The molecule has 0 fully saturated rings. The minimum Gasteiger partial charge on any atom is -0.491 e. The molecule has 1 aromatic carbocycles. The molecule has 1 aliphatic heterocycles. The van der Waals surface area contributed by atoms with Gasteiger partial charge in [0.25, 0.3) is 0 Å². The quantitative estimate of drug-likeness (QED) is 0.483. The van der Waals surface area contributed by atoms with Crippen molar-refractivity contribution in [2.45, 2.75) is 26.3 Å². The van der Waals surface area contributed by atoms with Gasteiger partial charge in [-0.15, -0.1) is 24.0 Å². The fraction of sp³-hybridized carbons (Fsp3) is 0.500. The van der Waals surface area contributed by atoms with Crippen LogP contribution in [0.15, 0.2) is 29.3 Å². The Morgan fingerprint density at radius 2 is 2.21 bits per heavy atom. The largest absolute Gasteiger partial charge is 0.491 e. The number of aliphatic imine (C=N–C) groups is 1. The third kappa shape index (κ3) is 4.56. The molecule has 0 spiro atoms. The molecule has 4 nitrogen and oxygen atoms in total. The molecule has 0 aliphatic carbocycles. The van der Waals surface area contributed by atoms with E-state index in [4.69, 9.17) is 10.5 Å². The van der Waals surface area contributed by atoms with Gasteiger partial charge < -0.3 is 15.8 Å². The van der Waals surface area contributed by atoms with Crippen molar-refractivity contribution in [3.8, 4) is 5.75 Å². The van der Waals surface area contributed by atoms with Gasteiger partial charge in [-0.25, -0.2) is 0 Å². The van der Waals surface area contributed by atoms with Crippen LogP contribution in [-0.4, -0.2) is 19.1 Å². The van der Waals surface area contributed by atoms with Crippen molar-refractivity contribution in [3.63, 3.8) is 0 Å². The van der Waals surface area contributed by atoms with Crippen LogP contribution in [-0.2, 0) is 0 Å². The van der Waals surface area contributed by atoms with Crippen LogP contribution < -0.4 is 15.8 Å². The molecule has 0 bridgehead atoms. The van der Waals surface area contributed by atoms with Gasteiger partial charge in [0, 0.05) is 12.1 Å². The summed E-state index contributed by atoms with van der Waals surface area (Å²) in [6.07, 6.45) is 1.06. The first kappa shape index (κ1) is 16.1. The molecule has 19 heavy (non-hydrogen) atoms. The highest BCUT2D eigenvalue weighted by Gasteiger charge is 2.23. The second kappa shape index (κ2) is 7.57. The molecule has 1 aliphatic rings. The van der Waals surface area contributed by atoms with E-state index in [-0.39, 0.29) is 30.0 Å². The van der Waals surface area contributed by atoms with E-state index in [2.05, 4.69) is 30.2 Å². The summed E-state index contributed by atoms with van der Waals surface area (Å²) < 4.78 is 5.58. The summed E-state index contributed by atoms with van der Waals surface area (Å²) in [5.74, 6) is 2.09. The highest BCUT2D eigenvalue weighted by atomic mass is 127. The average Bonchev–Trinajstić information content (AvgIpc) is 2.72. The van der Waals surface area contributed by atoms with E-state index in [1.807, 2.05) is 18.2 Å². The number of rotatable bonds is 4. The van der Waals surface area contributed by atoms with Crippen LogP contribution in [0, 0.1) is 5.92 Å². The summed E-state index contributed by atoms with van der Waals surface area (Å²) in [7, 11) is 0. The summed E-state index contributed by atoms with van der Waals surface area (Å²) in [6.45, 7) is 5.74. The van der Waals surface area contributed by atoms with Gasteiger partial charge in [-0.1, -0.05) is 32.0 Å². The van der Waals surface area contributed by atoms with Crippen molar-refractivity contribution < 1.29 is 4.74 Å². The predicted octanol–water partition coefficient (Wildman–Crippen LogP) is 2.69. The lowest BCUT2D eigenvalue weighted by Crippen LogP contribution is -2.35. The highest BCUT2D eigenvalue weighted by Crippen LogP contribution is 2.31. The van der Waals surface area contributed by atoms with E-state index in [0.29, 0.717) is 18.5 Å². The molecule has 0 aromatic heterocycles. The van der Waals surface area contributed by atoms with Gasteiger partial charge in [-0.2, -0.15) is 0 Å². The molecule has 2 rings (SSSR count). The number of para-hydroxylation sites is 1. The van der Waals surface area contributed by atoms with E-state index >= 15 is 0 Å². The first-order valence-electron chi connectivity index (χ1n) is 6.45. The van der Waals surface area contributed by atoms with E-state index in [0.717, 1.165) is 24.3 Å². The summed E-state index contributed by atoms with van der Waals surface area (Å²) in [4.78, 5) is 4.33. The minimum atomic E-state index is 0. The number of halogens is 1. The monoisotopic (exact) mass is 375 g/mol. The number of nitrogens with two attached hydrogens (primary N) is 1. The number of ether oxygens (including phenoxy) is 1. The number of nitrogens with one attached hydrogen (secondary N) is 1. The zero-order valence-corrected chi connectivity index (χ0v) is 13.8. The van der Waals surface area contributed by atoms with Crippen molar-refractivity contribution in [1.29, 1.82) is 0 Å². The molecular formula is C14H22IN3O. The third-order valence-corrected chi connectivity index (χ3v) is 3.01. The SMILES string of the molecule is CC(C)CCN=C(N)NC1COc2ccccc21.I. The lowest BCUT2D eigenvalue weighted by molar-refractivity contribution is 0.324. The number of guanidine groups is 1. The molecule has 1 heterocycles. The standard InChI is InChI=1S/C14H21N3O.HI/c1-10(2)7-8-16-14(15)17-12-9-18-13-6-4-3-5-11(12)13;/h3-6,10,12H,7-9H2,1-2H3,(H3,15,16,17);1H. The molecular weight excluding hydrogens is 353 g/mol. The molecule has 0 saturated heterocycles. The van der Waals surface area contributed by atoms with Crippen LogP contribution in [0.2, 0.25) is 0 Å². The molecule has 5 heteroatoms.